The summed E-state index contributed by atoms with van der Waals surface area (Å²) in [6.45, 7) is 5.97. The highest BCUT2D eigenvalue weighted by atomic mass is 35.5. The summed E-state index contributed by atoms with van der Waals surface area (Å²) in [6, 6.07) is 12.9. The van der Waals surface area contributed by atoms with Gasteiger partial charge in [0.25, 0.3) is 11.8 Å². The molecule has 0 atom stereocenters. The number of nitrogens with zero attached hydrogens (tertiary/aromatic N) is 2. The van der Waals surface area contributed by atoms with Crippen molar-refractivity contribution in [3.8, 4) is 0 Å². The van der Waals surface area contributed by atoms with Crippen molar-refractivity contribution >= 4 is 34.9 Å². The Balaban J connectivity index is 1.64. The second-order valence-electron chi connectivity index (χ2n) is 7.16. The molecule has 2 amide bonds. The average molecular weight is 399 g/mol. The number of amides is 2. The van der Waals surface area contributed by atoms with E-state index in [1.54, 1.807) is 48.5 Å². The SMILES string of the molecule is CC(C)(C)c1cc(NC(=O)c2ccc(NC(=O)c3cccc(Cl)n3)cc2)no1. The van der Waals surface area contributed by atoms with E-state index in [9.17, 15) is 9.59 Å². The van der Waals surface area contributed by atoms with Crippen LogP contribution in [0.3, 0.4) is 0 Å². The largest absolute Gasteiger partial charge is 0.359 e. The van der Waals surface area contributed by atoms with Crippen molar-refractivity contribution in [1.82, 2.24) is 10.1 Å². The van der Waals surface area contributed by atoms with Gasteiger partial charge in [-0.15, -0.1) is 0 Å². The van der Waals surface area contributed by atoms with Crippen LogP contribution < -0.4 is 10.6 Å². The summed E-state index contributed by atoms with van der Waals surface area (Å²) >= 11 is 5.79. The van der Waals surface area contributed by atoms with Crippen LogP contribution in [-0.2, 0) is 5.41 Å². The minimum atomic E-state index is -0.392. The molecule has 0 unspecified atom stereocenters. The van der Waals surface area contributed by atoms with Crippen molar-refractivity contribution in [3.63, 3.8) is 0 Å². The molecule has 3 aromatic rings. The number of anilines is 2. The van der Waals surface area contributed by atoms with E-state index in [1.807, 2.05) is 20.8 Å². The lowest BCUT2D eigenvalue weighted by Crippen LogP contribution is -2.15. The lowest BCUT2D eigenvalue weighted by molar-refractivity contribution is 0.101. The normalized spacial score (nSPS) is 11.1. The van der Waals surface area contributed by atoms with E-state index in [1.165, 1.54) is 0 Å². The number of rotatable bonds is 4. The van der Waals surface area contributed by atoms with Crippen molar-refractivity contribution in [1.29, 1.82) is 0 Å². The van der Waals surface area contributed by atoms with E-state index >= 15 is 0 Å². The molecule has 144 valence electrons. The fourth-order valence-electron chi connectivity index (χ4n) is 2.31. The Labute approximate surface area is 167 Å². The molecule has 1 aromatic carbocycles. The van der Waals surface area contributed by atoms with Crippen LogP contribution in [0.1, 0.15) is 47.4 Å². The molecule has 8 heteroatoms. The van der Waals surface area contributed by atoms with Crippen LogP contribution in [0.2, 0.25) is 5.15 Å². The molecular weight excluding hydrogens is 380 g/mol. The third-order valence-corrected chi connectivity index (χ3v) is 4.05. The first-order chi connectivity index (χ1) is 13.2. The highest BCUT2D eigenvalue weighted by Crippen LogP contribution is 2.24. The predicted octanol–water partition coefficient (Wildman–Crippen LogP) is 4.53. The number of hydrogen-bond acceptors (Lipinski definition) is 5. The first-order valence-electron chi connectivity index (χ1n) is 8.55. The van der Waals surface area contributed by atoms with Crippen LogP contribution in [0.15, 0.2) is 53.1 Å². The van der Waals surface area contributed by atoms with Gasteiger partial charge in [-0.3, -0.25) is 9.59 Å². The summed E-state index contributed by atoms with van der Waals surface area (Å²) < 4.78 is 5.25. The molecule has 2 heterocycles. The number of pyridine rings is 1. The topological polar surface area (TPSA) is 97.1 Å². The zero-order chi connectivity index (χ0) is 20.3. The smallest absolute Gasteiger partial charge is 0.274 e. The first-order valence-corrected chi connectivity index (χ1v) is 8.93. The molecule has 2 N–H and O–H groups in total. The summed E-state index contributed by atoms with van der Waals surface area (Å²) in [5.74, 6) is 0.301. The van der Waals surface area contributed by atoms with Crippen LogP contribution >= 0.6 is 11.6 Å². The molecule has 0 aliphatic heterocycles. The van der Waals surface area contributed by atoms with E-state index in [0.29, 0.717) is 22.8 Å². The third-order valence-electron chi connectivity index (χ3n) is 3.84. The molecule has 0 bridgehead atoms. The predicted molar refractivity (Wildman–Crippen MR) is 107 cm³/mol. The number of aromatic nitrogens is 2. The van der Waals surface area contributed by atoms with Crippen molar-refractivity contribution in [2.24, 2.45) is 0 Å². The molecule has 0 saturated heterocycles. The lowest BCUT2D eigenvalue weighted by Gasteiger charge is -2.12. The van der Waals surface area contributed by atoms with Crippen LogP contribution in [0.25, 0.3) is 0 Å². The summed E-state index contributed by atoms with van der Waals surface area (Å²) in [6.07, 6.45) is 0. The van der Waals surface area contributed by atoms with Crippen molar-refractivity contribution < 1.29 is 14.1 Å². The Morgan fingerprint density at radius 1 is 1.00 bits per heavy atom. The molecule has 7 nitrogen and oxygen atoms in total. The van der Waals surface area contributed by atoms with Gasteiger partial charge in [-0.25, -0.2) is 4.98 Å². The number of hydrogen-bond donors (Lipinski definition) is 2. The fraction of sp³-hybridized carbons (Fsp3) is 0.200. The maximum atomic E-state index is 12.4. The van der Waals surface area contributed by atoms with Gasteiger partial charge in [-0.05, 0) is 36.4 Å². The van der Waals surface area contributed by atoms with Crippen LogP contribution in [0, 0.1) is 0 Å². The van der Waals surface area contributed by atoms with Gasteiger partial charge in [-0.1, -0.05) is 43.6 Å². The summed E-state index contributed by atoms with van der Waals surface area (Å²) in [5, 5.41) is 9.49. The molecule has 0 radical (unpaired) electrons. The van der Waals surface area contributed by atoms with Gasteiger partial charge < -0.3 is 15.2 Å². The van der Waals surface area contributed by atoms with Gasteiger partial charge in [0.05, 0.1) is 0 Å². The molecule has 2 aromatic heterocycles. The van der Waals surface area contributed by atoms with Crippen molar-refractivity contribution in [3.05, 3.63) is 70.7 Å². The first kappa shape index (κ1) is 19.6. The molecule has 0 fully saturated rings. The van der Waals surface area contributed by atoms with Gasteiger partial charge in [0.1, 0.15) is 16.6 Å². The third kappa shape index (κ3) is 4.75. The van der Waals surface area contributed by atoms with E-state index < -0.39 is 5.91 Å². The highest BCUT2D eigenvalue weighted by Gasteiger charge is 2.20. The Morgan fingerprint density at radius 3 is 2.32 bits per heavy atom. The van der Waals surface area contributed by atoms with Crippen molar-refractivity contribution in [2.75, 3.05) is 10.6 Å². The average Bonchev–Trinajstić information content (AvgIpc) is 3.11. The van der Waals surface area contributed by atoms with E-state index in [4.69, 9.17) is 16.1 Å². The molecule has 3 rings (SSSR count). The maximum Gasteiger partial charge on any atom is 0.274 e. The minimum absolute atomic E-state index is 0.201. The fourth-order valence-corrected chi connectivity index (χ4v) is 2.47. The zero-order valence-corrected chi connectivity index (χ0v) is 16.4. The van der Waals surface area contributed by atoms with Crippen molar-refractivity contribution in [2.45, 2.75) is 26.2 Å². The highest BCUT2D eigenvalue weighted by molar-refractivity contribution is 6.29. The van der Waals surface area contributed by atoms with Crippen LogP contribution in [0.5, 0.6) is 0 Å². The Kier molecular flexibility index (Phi) is 5.46. The number of carbonyl (C=O) groups is 2. The Morgan fingerprint density at radius 2 is 1.71 bits per heavy atom. The van der Waals surface area contributed by atoms with Crippen LogP contribution in [0.4, 0.5) is 11.5 Å². The number of benzene rings is 1. The van der Waals surface area contributed by atoms with E-state index in [2.05, 4.69) is 20.8 Å². The zero-order valence-electron chi connectivity index (χ0n) is 15.6. The summed E-state index contributed by atoms with van der Waals surface area (Å²) in [7, 11) is 0. The number of nitrogens with one attached hydrogen (secondary N) is 2. The molecule has 0 aliphatic carbocycles. The summed E-state index contributed by atoms with van der Waals surface area (Å²) in [4.78, 5) is 28.5. The standard InChI is InChI=1S/C20H19ClN4O3/c1-20(2,3)15-11-17(25-28-15)24-18(26)12-7-9-13(10-8-12)22-19(27)14-5-4-6-16(21)23-14/h4-11H,1-3H3,(H,22,27)(H,24,25,26). The molecule has 0 saturated carbocycles. The van der Waals surface area contributed by atoms with Gasteiger partial charge in [0.2, 0.25) is 0 Å². The summed E-state index contributed by atoms with van der Waals surface area (Å²) in [5.41, 5.74) is 0.946. The minimum Gasteiger partial charge on any atom is -0.359 e. The Bertz CT molecular complexity index is 1010. The second-order valence-corrected chi connectivity index (χ2v) is 7.54. The molecule has 28 heavy (non-hydrogen) atoms. The molecular formula is C20H19ClN4O3. The van der Waals surface area contributed by atoms with Crippen LogP contribution in [-0.4, -0.2) is 22.0 Å². The quantitative estimate of drug-likeness (QED) is 0.629. The van der Waals surface area contributed by atoms with Gasteiger partial charge in [-0.2, -0.15) is 0 Å². The van der Waals surface area contributed by atoms with E-state index in [0.717, 1.165) is 0 Å². The maximum absolute atomic E-state index is 12.4. The number of carbonyl (C=O) groups excluding carboxylic acids is 2. The lowest BCUT2D eigenvalue weighted by atomic mass is 9.93. The van der Waals surface area contributed by atoms with E-state index in [-0.39, 0.29) is 22.2 Å². The monoisotopic (exact) mass is 398 g/mol. The molecule has 0 spiro atoms. The van der Waals surface area contributed by atoms with Gasteiger partial charge >= 0.3 is 0 Å². The molecule has 0 aliphatic rings. The second kappa shape index (κ2) is 7.82. The Hall–Kier alpha value is -3.19. The van der Waals surface area contributed by atoms with Gasteiger partial charge in [0.15, 0.2) is 5.82 Å². The van der Waals surface area contributed by atoms with Gasteiger partial charge in [0, 0.05) is 22.7 Å². The number of halogens is 1.